The molecule has 0 radical (unpaired) electrons. The first-order valence-electron chi connectivity index (χ1n) is 9.04. The number of nitrogens with one attached hydrogen (secondary N) is 2. The first-order chi connectivity index (χ1) is 13.7. The summed E-state index contributed by atoms with van der Waals surface area (Å²) in [6.07, 6.45) is 1.89. The van der Waals surface area contributed by atoms with Gasteiger partial charge in [0.15, 0.2) is 0 Å². The van der Waals surface area contributed by atoms with Gasteiger partial charge in [-0.05, 0) is 30.3 Å². The fraction of sp³-hybridized carbons (Fsp3) is 0.182. The summed E-state index contributed by atoms with van der Waals surface area (Å²) < 4.78 is 10.9. The average molecular weight is 377 g/mol. The van der Waals surface area contributed by atoms with Crippen molar-refractivity contribution in [1.29, 1.82) is 0 Å². The van der Waals surface area contributed by atoms with E-state index in [1.54, 1.807) is 13.3 Å². The van der Waals surface area contributed by atoms with E-state index >= 15 is 0 Å². The summed E-state index contributed by atoms with van der Waals surface area (Å²) in [4.78, 5) is 16.4. The molecule has 1 aromatic heterocycles. The molecule has 0 saturated carbocycles. The van der Waals surface area contributed by atoms with Crippen LogP contribution in [-0.2, 0) is 11.3 Å². The first kappa shape index (κ1) is 19.2. The van der Waals surface area contributed by atoms with E-state index in [1.807, 2.05) is 66.7 Å². The van der Waals surface area contributed by atoms with Crippen molar-refractivity contribution < 1.29 is 14.3 Å². The van der Waals surface area contributed by atoms with Crippen molar-refractivity contribution in [1.82, 2.24) is 4.98 Å². The zero-order chi connectivity index (χ0) is 19.6. The molecule has 3 aromatic rings. The van der Waals surface area contributed by atoms with Gasteiger partial charge in [-0.15, -0.1) is 0 Å². The van der Waals surface area contributed by atoms with Gasteiger partial charge in [0.2, 0.25) is 5.91 Å². The Morgan fingerprint density at radius 3 is 2.54 bits per heavy atom. The molecule has 0 aliphatic heterocycles. The number of methoxy groups -OCH3 is 1. The van der Waals surface area contributed by atoms with Crippen molar-refractivity contribution in [3.05, 3.63) is 78.5 Å². The largest absolute Gasteiger partial charge is 0.496 e. The number of anilines is 2. The maximum Gasteiger partial charge on any atom is 0.227 e. The fourth-order valence-corrected chi connectivity index (χ4v) is 2.61. The fourth-order valence-electron chi connectivity index (χ4n) is 2.61. The van der Waals surface area contributed by atoms with Crippen LogP contribution < -0.4 is 20.1 Å². The van der Waals surface area contributed by atoms with Crippen LogP contribution in [0.5, 0.6) is 11.5 Å². The first-order valence-corrected chi connectivity index (χ1v) is 9.04. The topological polar surface area (TPSA) is 72.5 Å². The Morgan fingerprint density at radius 1 is 1.00 bits per heavy atom. The van der Waals surface area contributed by atoms with Crippen LogP contribution in [0.4, 0.5) is 11.5 Å². The van der Waals surface area contributed by atoms with Crippen LogP contribution >= 0.6 is 0 Å². The van der Waals surface area contributed by atoms with Gasteiger partial charge in [0.1, 0.15) is 17.3 Å². The molecule has 0 unspecified atom stereocenters. The van der Waals surface area contributed by atoms with E-state index in [4.69, 9.17) is 9.47 Å². The third kappa shape index (κ3) is 5.74. The lowest BCUT2D eigenvalue weighted by atomic mass is 10.2. The number of aromatic nitrogens is 1. The molecular formula is C22H23N3O3. The predicted octanol–water partition coefficient (Wildman–Crippen LogP) is 4.11. The number of benzene rings is 2. The highest BCUT2D eigenvalue weighted by molar-refractivity contribution is 5.90. The molecule has 144 valence electrons. The molecular weight excluding hydrogens is 354 g/mol. The third-order valence-corrected chi connectivity index (χ3v) is 4.04. The summed E-state index contributed by atoms with van der Waals surface area (Å²) in [6.45, 7) is 0.918. The molecule has 2 N–H and O–H groups in total. The number of carbonyl (C=O) groups is 1. The van der Waals surface area contributed by atoms with E-state index in [0.717, 1.165) is 22.9 Å². The lowest BCUT2D eigenvalue weighted by Gasteiger charge is -2.11. The zero-order valence-electron chi connectivity index (χ0n) is 15.7. The normalized spacial score (nSPS) is 10.2. The summed E-state index contributed by atoms with van der Waals surface area (Å²) in [5, 5.41) is 6.06. The molecule has 0 spiro atoms. The van der Waals surface area contributed by atoms with Crippen LogP contribution in [0.15, 0.2) is 72.9 Å². The molecule has 6 heteroatoms. The second-order valence-electron chi connectivity index (χ2n) is 6.06. The second-order valence-corrected chi connectivity index (χ2v) is 6.06. The van der Waals surface area contributed by atoms with E-state index in [0.29, 0.717) is 18.8 Å². The number of nitrogens with zero attached hydrogens (tertiary/aromatic N) is 1. The highest BCUT2D eigenvalue weighted by atomic mass is 16.5. The number of carbonyl (C=O) groups excluding carboxylic acids is 1. The molecule has 1 heterocycles. The van der Waals surface area contributed by atoms with Crippen molar-refractivity contribution in [2.45, 2.75) is 13.0 Å². The van der Waals surface area contributed by atoms with Crippen molar-refractivity contribution in [3.8, 4) is 11.5 Å². The molecule has 0 saturated heterocycles. The summed E-state index contributed by atoms with van der Waals surface area (Å²) in [6, 6.07) is 20.9. The van der Waals surface area contributed by atoms with Crippen LogP contribution in [0, 0.1) is 0 Å². The monoisotopic (exact) mass is 377 g/mol. The standard InChI is InChI=1S/C22H23N3O3/c1-27-20-10-6-5-7-17(20)15-23-21-12-11-18(16-24-21)25-22(26)13-14-28-19-8-3-2-4-9-19/h2-12,16H,13-15H2,1H3,(H,23,24)(H,25,26). The number of pyridine rings is 1. The van der Waals surface area contributed by atoms with Gasteiger partial charge in [0, 0.05) is 12.1 Å². The zero-order valence-corrected chi connectivity index (χ0v) is 15.7. The average Bonchev–Trinajstić information content (AvgIpc) is 2.74. The number of para-hydroxylation sites is 2. The summed E-state index contributed by atoms with van der Waals surface area (Å²) >= 11 is 0. The molecule has 0 aliphatic carbocycles. The van der Waals surface area contributed by atoms with Gasteiger partial charge in [-0.3, -0.25) is 4.79 Å². The minimum Gasteiger partial charge on any atom is -0.496 e. The Kier molecular flexibility index (Phi) is 6.84. The molecule has 3 rings (SSSR count). The van der Waals surface area contributed by atoms with Crippen LogP contribution in [0.1, 0.15) is 12.0 Å². The van der Waals surface area contributed by atoms with Crippen molar-refractivity contribution in [2.24, 2.45) is 0 Å². The van der Waals surface area contributed by atoms with Gasteiger partial charge in [-0.25, -0.2) is 4.98 Å². The number of rotatable bonds is 9. The smallest absolute Gasteiger partial charge is 0.227 e. The predicted molar refractivity (Wildman–Crippen MR) is 110 cm³/mol. The Hall–Kier alpha value is -3.54. The molecule has 0 aliphatic rings. The molecule has 0 atom stereocenters. The maximum atomic E-state index is 12.0. The van der Waals surface area contributed by atoms with Gasteiger partial charge in [-0.2, -0.15) is 0 Å². The second kappa shape index (κ2) is 9.97. The molecule has 0 fully saturated rings. The molecule has 2 aromatic carbocycles. The van der Waals surface area contributed by atoms with E-state index in [1.165, 1.54) is 0 Å². The maximum absolute atomic E-state index is 12.0. The van der Waals surface area contributed by atoms with Gasteiger partial charge in [0.05, 0.1) is 32.0 Å². The van der Waals surface area contributed by atoms with Crippen LogP contribution in [0.25, 0.3) is 0 Å². The van der Waals surface area contributed by atoms with Crippen molar-refractivity contribution >= 4 is 17.4 Å². The molecule has 0 bridgehead atoms. The molecule has 28 heavy (non-hydrogen) atoms. The van der Waals surface area contributed by atoms with Crippen LogP contribution in [-0.4, -0.2) is 24.6 Å². The van der Waals surface area contributed by atoms with Crippen LogP contribution in [0.3, 0.4) is 0 Å². The van der Waals surface area contributed by atoms with Gasteiger partial charge >= 0.3 is 0 Å². The summed E-state index contributed by atoms with van der Waals surface area (Å²) in [5.41, 5.74) is 1.69. The van der Waals surface area contributed by atoms with E-state index < -0.39 is 0 Å². The summed E-state index contributed by atoms with van der Waals surface area (Å²) in [7, 11) is 1.65. The number of hydrogen-bond donors (Lipinski definition) is 2. The Morgan fingerprint density at radius 2 is 1.79 bits per heavy atom. The molecule has 1 amide bonds. The third-order valence-electron chi connectivity index (χ3n) is 4.04. The van der Waals surface area contributed by atoms with Crippen molar-refractivity contribution in [3.63, 3.8) is 0 Å². The lowest BCUT2D eigenvalue weighted by Crippen LogP contribution is -2.15. The van der Waals surface area contributed by atoms with E-state index in [2.05, 4.69) is 15.6 Å². The minimum absolute atomic E-state index is 0.118. The van der Waals surface area contributed by atoms with E-state index in [9.17, 15) is 4.79 Å². The van der Waals surface area contributed by atoms with Gasteiger partial charge in [-0.1, -0.05) is 36.4 Å². The van der Waals surface area contributed by atoms with E-state index in [-0.39, 0.29) is 12.3 Å². The van der Waals surface area contributed by atoms with Crippen molar-refractivity contribution in [2.75, 3.05) is 24.4 Å². The number of amides is 1. The lowest BCUT2D eigenvalue weighted by molar-refractivity contribution is -0.116. The van der Waals surface area contributed by atoms with Gasteiger partial charge < -0.3 is 20.1 Å². The highest BCUT2D eigenvalue weighted by Gasteiger charge is 2.05. The summed E-state index contributed by atoms with van der Waals surface area (Å²) in [5.74, 6) is 2.18. The Bertz CT molecular complexity index is 883. The quantitative estimate of drug-likeness (QED) is 0.587. The Balaban J connectivity index is 1.44. The minimum atomic E-state index is -0.118. The van der Waals surface area contributed by atoms with Gasteiger partial charge in [0.25, 0.3) is 0 Å². The number of ether oxygens (including phenoxy) is 2. The Labute approximate surface area is 164 Å². The van der Waals surface area contributed by atoms with Crippen LogP contribution in [0.2, 0.25) is 0 Å². The highest BCUT2D eigenvalue weighted by Crippen LogP contribution is 2.19. The number of hydrogen-bond acceptors (Lipinski definition) is 5. The SMILES string of the molecule is COc1ccccc1CNc1ccc(NC(=O)CCOc2ccccc2)cn1. The molecule has 6 nitrogen and oxygen atoms in total.